The molecule has 3 saturated heterocycles. The second kappa shape index (κ2) is 10.8. The summed E-state index contributed by atoms with van der Waals surface area (Å²) in [5, 5.41) is -0.0251. The third kappa shape index (κ3) is 5.94. The van der Waals surface area contributed by atoms with Gasteiger partial charge < -0.3 is 23.4 Å². The molecule has 0 N–H and O–H groups in total. The van der Waals surface area contributed by atoms with Crippen LogP contribution < -0.4 is 0 Å². The Bertz CT molecular complexity index is 1180. The molecule has 3 aliphatic heterocycles. The summed E-state index contributed by atoms with van der Waals surface area (Å²) in [6, 6.07) is 18.4. The van der Waals surface area contributed by atoms with Crippen molar-refractivity contribution in [2.75, 3.05) is 12.4 Å². The zero-order valence-corrected chi connectivity index (χ0v) is 24.7. The molecule has 0 bridgehead atoms. The number of rotatable bonds is 6. The average molecular weight is 561 g/mol. The zero-order chi connectivity index (χ0) is 27.1. The summed E-state index contributed by atoms with van der Waals surface area (Å²) in [7, 11) is -5.78. The maximum absolute atomic E-state index is 13.4. The number of sulfone groups is 1. The van der Waals surface area contributed by atoms with E-state index in [1.807, 2.05) is 36.4 Å². The first-order valence-corrected chi connectivity index (χ1v) is 18.1. The normalized spacial score (nSPS) is 32.3. The van der Waals surface area contributed by atoms with Crippen molar-refractivity contribution in [2.24, 2.45) is 0 Å². The standard InChI is InChI=1S/C29H40O7SSi/c1-29(2,3)38(4,5)36-25-17-23-22(34-27(25)19-37(30,31)21-14-10-7-11-15-21)16-24-26(33-23)18-32-28(35-24)20-12-8-6-9-13-20/h6-15,22-28H,16-19H2,1-5H3/t22-,23+,24+,25-,26-,27+,28-/m1/s1. The number of ether oxygens (including phenoxy) is 4. The molecule has 0 aromatic heterocycles. The van der Waals surface area contributed by atoms with Gasteiger partial charge in [-0.05, 0) is 30.3 Å². The monoisotopic (exact) mass is 560 g/mol. The molecule has 0 unspecified atom stereocenters. The second-order valence-electron chi connectivity index (χ2n) is 12.2. The van der Waals surface area contributed by atoms with Crippen molar-refractivity contribution in [2.45, 2.75) is 99.6 Å². The zero-order valence-electron chi connectivity index (χ0n) is 22.9. The lowest BCUT2D eigenvalue weighted by molar-refractivity contribution is -0.319. The molecule has 0 spiro atoms. The van der Waals surface area contributed by atoms with E-state index >= 15 is 0 Å². The second-order valence-corrected chi connectivity index (χ2v) is 18.9. The molecule has 5 rings (SSSR count). The Morgan fingerprint density at radius 2 is 1.45 bits per heavy atom. The highest BCUT2D eigenvalue weighted by molar-refractivity contribution is 7.91. The van der Waals surface area contributed by atoms with E-state index in [0.717, 1.165) is 5.56 Å². The van der Waals surface area contributed by atoms with Crippen LogP contribution in [-0.4, -0.2) is 65.7 Å². The first kappa shape index (κ1) is 28.0. The summed E-state index contributed by atoms with van der Waals surface area (Å²) >= 11 is 0. The molecule has 2 aromatic carbocycles. The van der Waals surface area contributed by atoms with Crippen molar-refractivity contribution in [3.05, 3.63) is 66.2 Å². The Kier molecular flexibility index (Phi) is 7.92. The molecule has 7 atom stereocenters. The van der Waals surface area contributed by atoms with Gasteiger partial charge in [0.2, 0.25) is 0 Å². The molecule has 0 saturated carbocycles. The van der Waals surface area contributed by atoms with E-state index in [9.17, 15) is 8.42 Å². The van der Waals surface area contributed by atoms with Gasteiger partial charge in [-0.1, -0.05) is 69.3 Å². The minimum Gasteiger partial charge on any atom is -0.411 e. The summed E-state index contributed by atoms with van der Waals surface area (Å²) < 4.78 is 59.0. The van der Waals surface area contributed by atoms with Gasteiger partial charge in [0.15, 0.2) is 24.4 Å². The van der Waals surface area contributed by atoms with Gasteiger partial charge in [0.25, 0.3) is 0 Å². The van der Waals surface area contributed by atoms with Crippen LogP contribution in [0.15, 0.2) is 65.6 Å². The molecule has 0 aliphatic carbocycles. The van der Waals surface area contributed by atoms with E-state index in [2.05, 4.69) is 33.9 Å². The van der Waals surface area contributed by atoms with Crippen LogP contribution in [-0.2, 0) is 33.2 Å². The van der Waals surface area contributed by atoms with Gasteiger partial charge in [0.05, 0.1) is 47.8 Å². The molecule has 3 aliphatic rings. The Morgan fingerprint density at radius 1 is 0.842 bits per heavy atom. The molecule has 2 aromatic rings. The minimum atomic E-state index is -3.57. The minimum absolute atomic E-state index is 0.0251. The van der Waals surface area contributed by atoms with Crippen molar-refractivity contribution in [1.29, 1.82) is 0 Å². The summed E-state index contributed by atoms with van der Waals surface area (Å²) in [5.41, 5.74) is 0.965. The number of fused-ring (bicyclic) bond motifs is 2. The third-order valence-corrected chi connectivity index (χ3v) is 14.7. The fourth-order valence-corrected chi connectivity index (χ4v) is 8.05. The summed E-state index contributed by atoms with van der Waals surface area (Å²) in [5.74, 6) is -0.135. The largest absolute Gasteiger partial charge is 0.411 e. The Morgan fingerprint density at radius 3 is 2.11 bits per heavy atom. The average Bonchev–Trinajstić information content (AvgIpc) is 2.88. The molecule has 9 heteroatoms. The summed E-state index contributed by atoms with van der Waals surface area (Å²) in [6.07, 6.45) is -1.10. The highest BCUT2D eigenvalue weighted by atomic mass is 32.2. The van der Waals surface area contributed by atoms with Gasteiger partial charge >= 0.3 is 0 Å². The van der Waals surface area contributed by atoms with Crippen molar-refractivity contribution < 1.29 is 31.8 Å². The van der Waals surface area contributed by atoms with E-state index in [1.54, 1.807) is 24.3 Å². The third-order valence-electron chi connectivity index (χ3n) is 8.39. The van der Waals surface area contributed by atoms with Crippen LogP contribution in [0.4, 0.5) is 0 Å². The smallest absolute Gasteiger partial charge is 0.192 e. The van der Waals surface area contributed by atoms with Crippen LogP contribution in [0.1, 0.15) is 45.5 Å². The Hall–Kier alpha value is -1.59. The molecule has 3 heterocycles. The van der Waals surface area contributed by atoms with Crippen molar-refractivity contribution in [3.8, 4) is 0 Å². The van der Waals surface area contributed by atoms with Crippen LogP contribution in [0.3, 0.4) is 0 Å². The number of hydrogen-bond acceptors (Lipinski definition) is 7. The molecule has 208 valence electrons. The summed E-state index contributed by atoms with van der Waals surface area (Å²) in [6.45, 7) is 11.4. The lowest BCUT2D eigenvalue weighted by atomic mass is 9.90. The molecule has 7 nitrogen and oxygen atoms in total. The van der Waals surface area contributed by atoms with Crippen LogP contribution in [0, 0.1) is 0 Å². The highest BCUT2D eigenvalue weighted by Gasteiger charge is 2.51. The lowest BCUT2D eigenvalue weighted by Crippen LogP contribution is -2.61. The van der Waals surface area contributed by atoms with E-state index < -0.39 is 30.5 Å². The molecular formula is C29H40O7SSi. The quantitative estimate of drug-likeness (QED) is 0.445. The SMILES string of the molecule is CC(C)(C)[Si](C)(C)O[C@@H]1C[C@@H]2O[C@@H]3CO[C@@H](c4ccccc4)O[C@H]3C[C@H]2O[C@H]1CS(=O)(=O)c1ccccc1. The highest BCUT2D eigenvalue weighted by Crippen LogP contribution is 2.43. The van der Waals surface area contributed by atoms with E-state index in [-0.39, 0.29) is 41.3 Å². The van der Waals surface area contributed by atoms with Gasteiger partial charge in [0, 0.05) is 18.4 Å². The van der Waals surface area contributed by atoms with Crippen molar-refractivity contribution >= 4 is 18.2 Å². The Labute approximate surface area is 227 Å². The first-order valence-electron chi connectivity index (χ1n) is 13.5. The number of hydrogen-bond donors (Lipinski definition) is 0. The van der Waals surface area contributed by atoms with Crippen LogP contribution >= 0.6 is 0 Å². The fraction of sp³-hybridized carbons (Fsp3) is 0.586. The predicted molar refractivity (Wildman–Crippen MR) is 147 cm³/mol. The molecule has 3 fully saturated rings. The Balaban J connectivity index is 1.36. The van der Waals surface area contributed by atoms with Gasteiger partial charge in [-0.25, -0.2) is 8.42 Å². The van der Waals surface area contributed by atoms with Crippen molar-refractivity contribution in [3.63, 3.8) is 0 Å². The topological polar surface area (TPSA) is 80.3 Å². The van der Waals surface area contributed by atoms with Gasteiger partial charge in [-0.2, -0.15) is 0 Å². The molecule has 38 heavy (non-hydrogen) atoms. The fourth-order valence-electron chi connectivity index (χ4n) is 5.20. The van der Waals surface area contributed by atoms with Crippen LogP contribution in [0.5, 0.6) is 0 Å². The molecular weight excluding hydrogens is 520 g/mol. The predicted octanol–water partition coefficient (Wildman–Crippen LogP) is 5.28. The lowest BCUT2D eigenvalue weighted by Gasteiger charge is -2.51. The number of benzene rings is 2. The van der Waals surface area contributed by atoms with Crippen LogP contribution in [0.2, 0.25) is 18.1 Å². The van der Waals surface area contributed by atoms with E-state index in [4.69, 9.17) is 23.4 Å². The first-order chi connectivity index (χ1) is 17.9. The van der Waals surface area contributed by atoms with E-state index in [0.29, 0.717) is 24.3 Å². The maximum atomic E-state index is 13.4. The maximum Gasteiger partial charge on any atom is 0.192 e. The van der Waals surface area contributed by atoms with Gasteiger partial charge in [0.1, 0.15) is 6.10 Å². The van der Waals surface area contributed by atoms with Gasteiger partial charge in [-0.3, -0.25) is 0 Å². The van der Waals surface area contributed by atoms with Crippen LogP contribution in [0.25, 0.3) is 0 Å². The van der Waals surface area contributed by atoms with Crippen molar-refractivity contribution in [1.82, 2.24) is 0 Å². The molecule has 0 amide bonds. The summed E-state index contributed by atoms with van der Waals surface area (Å²) in [4.78, 5) is 0.301. The van der Waals surface area contributed by atoms with E-state index in [1.165, 1.54) is 0 Å². The molecule has 0 radical (unpaired) electrons. The van der Waals surface area contributed by atoms with Gasteiger partial charge in [-0.15, -0.1) is 0 Å².